The molecule has 0 amide bonds. The lowest BCUT2D eigenvalue weighted by Crippen LogP contribution is -2.30. The molecule has 0 aliphatic carbocycles. The van der Waals surface area contributed by atoms with E-state index in [4.69, 9.17) is 23.3 Å². The molecule has 422 valence electrons. The molecule has 0 aromatic heterocycles. The maximum absolute atomic E-state index is 12.9. The molecule has 2 N–H and O–H groups in total. The van der Waals surface area contributed by atoms with Crippen molar-refractivity contribution in [1.29, 1.82) is 0 Å². The van der Waals surface area contributed by atoms with E-state index in [0.29, 0.717) is 19.3 Å². The molecular formula is C60H111O11P. The lowest BCUT2D eigenvalue weighted by molar-refractivity contribution is -0.161. The van der Waals surface area contributed by atoms with Gasteiger partial charge in [0.25, 0.3) is 0 Å². The molecule has 0 bridgehead atoms. The first-order valence-corrected chi connectivity index (χ1v) is 31.4. The van der Waals surface area contributed by atoms with Crippen molar-refractivity contribution in [2.24, 2.45) is 0 Å². The zero-order valence-electron chi connectivity index (χ0n) is 46.7. The van der Waals surface area contributed by atoms with Crippen LogP contribution in [0, 0.1) is 0 Å². The number of carbonyl (C=O) groups excluding carboxylic acids is 3. The zero-order chi connectivity index (χ0) is 52.7. The number of unbranched alkanes of at least 4 members (excludes halogenated alkanes) is 33. The van der Waals surface area contributed by atoms with E-state index in [1.165, 1.54) is 141 Å². The Morgan fingerprint density at radius 2 is 0.653 bits per heavy atom. The van der Waals surface area contributed by atoms with Crippen molar-refractivity contribution < 1.29 is 52.2 Å². The third-order valence-corrected chi connectivity index (χ3v) is 14.0. The molecule has 12 heteroatoms. The summed E-state index contributed by atoms with van der Waals surface area (Å²) in [5.41, 5.74) is 0. The van der Waals surface area contributed by atoms with Gasteiger partial charge in [-0.1, -0.05) is 218 Å². The topological polar surface area (TPSA) is 155 Å². The predicted molar refractivity (Wildman–Crippen MR) is 298 cm³/mol. The number of rotatable bonds is 56. The predicted octanol–water partition coefficient (Wildman–Crippen LogP) is 17.6. The second kappa shape index (κ2) is 54.9. The number of allylic oxidation sites excluding steroid dienone is 6. The summed E-state index contributed by atoms with van der Waals surface area (Å²) in [6, 6.07) is 0. The van der Waals surface area contributed by atoms with E-state index in [1.807, 2.05) is 0 Å². The summed E-state index contributed by atoms with van der Waals surface area (Å²) in [4.78, 5) is 48.5. The van der Waals surface area contributed by atoms with Crippen LogP contribution in [0.1, 0.15) is 290 Å². The highest BCUT2D eigenvalue weighted by atomic mass is 31.2. The Morgan fingerprint density at radius 3 is 1.00 bits per heavy atom. The molecule has 0 aliphatic rings. The van der Waals surface area contributed by atoms with Gasteiger partial charge in [-0.05, 0) is 89.9 Å². The van der Waals surface area contributed by atoms with Gasteiger partial charge in [-0.25, -0.2) is 4.57 Å². The van der Waals surface area contributed by atoms with E-state index in [2.05, 4.69) is 57.2 Å². The van der Waals surface area contributed by atoms with Gasteiger partial charge in [0.05, 0.1) is 19.8 Å². The van der Waals surface area contributed by atoms with Crippen LogP contribution in [0.2, 0.25) is 0 Å². The number of aliphatic hydroxyl groups is 1. The number of ether oxygens (including phenoxy) is 3. The number of hydrogen-bond donors (Lipinski definition) is 2. The van der Waals surface area contributed by atoms with Gasteiger partial charge in [-0.3, -0.25) is 23.4 Å². The Morgan fingerprint density at radius 1 is 0.375 bits per heavy atom. The minimum atomic E-state index is -4.75. The second-order valence-corrected chi connectivity index (χ2v) is 21.6. The summed E-state index contributed by atoms with van der Waals surface area (Å²) in [6.07, 6.45) is 56.7. The van der Waals surface area contributed by atoms with Crippen LogP contribution in [-0.2, 0) is 42.2 Å². The average Bonchev–Trinajstić information content (AvgIpc) is 3.37. The normalized spacial score (nSPS) is 13.6. The average molecular weight is 1040 g/mol. The molecular weight excluding hydrogens is 928 g/mol. The third kappa shape index (κ3) is 52.6. The second-order valence-electron chi connectivity index (χ2n) is 20.2. The molecule has 0 aliphatic heterocycles. The van der Waals surface area contributed by atoms with Gasteiger partial charge in [-0.2, -0.15) is 0 Å². The van der Waals surface area contributed by atoms with Crippen molar-refractivity contribution in [3.8, 4) is 0 Å². The number of phosphoric ester groups is 1. The van der Waals surface area contributed by atoms with E-state index in [9.17, 15) is 28.9 Å². The van der Waals surface area contributed by atoms with Crippen molar-refractivity contribution in [2.75, 3.05) is 26.4 Å². The number of carbonyl (C=O) groups is 3. The van der Waals surface area contributed by atoms with Gasteiger partial charge in [0, 0.05) is 19.3 Å². The van der Waals surface area contributed by atoms with E-state index in [0.717, 1.165) is 89.9 Å². The summed E-state index contributed by atoms with van der Waals surface area (Å²) < 4.78 is 39.5. The van der Waals surface area contributed by atoms with E-state index in [-0.39, 0.29) is 25.9 Å². The van der Waals surface area contributed by atoms with Crippen molar-refractivity contribution in [3.05, 3.63) is 36.5 Å². The first-order valence-electron chi connectivity index (χ1n) is 29.9. The van der Waals surface area contributed by atoms with Crippen LogP contribution in [0.25, 0.3) is 0 Å². The van der Waals surface area contributed by atoms with Gasteiger partial charge in [0.2, 0.25) is 0 Å². The highest BCUT2D eigenvalue weighted by Crippen LogP contribution is 2.43. The van der Waals surface area contributed by atoms with Crippen molar-refractivity contribution in [2.45, 2.75) is 303 Å². The lowest BCUT2D eigenvalue weighted by Gasteiger charge is -2.21. The molecule has 0 radical (unpaired) electrons. The molecule has 0 rings (SSSR count). The van der Waals surface area contributed by atoms with Crippen LogP contribution < -0.4 is 0 Å². The highest BCUT2D eigenvalue weighted by Gasteiger charge is 2.28. The Labute approximate surface area is 441 Å². The third-order valence-electron chi connectivity index (χ3n) is 13.0. The van der Waals surface area contributed by atoms with Gasteiger partial charge in [0.15, 0.2) is 6.10 Å². The Balaban J connectivity index is 4.64. The lowest BCUT2D eigenvalue weighted by atomic mass is 10.1. The first-order chi connectivity index (χ1) is 35.2. The highest BCUT2D eigenvalue weighted by molar-refractivity contribution is 7.47. The molecule has 11 nitrogen and oxygen atoms in total. The van der Waals surface area contributed by atoms with Crippen LogP contribution in [0.3, 0.4) is 0 Å². The molecule has 0 aromatic carbocycles. The van der Waals surface area contributed by atoms with E-state index < -0.39 is 57.8 Å². The van der Waals surface area contributed by atoms with Gasteiger partial charge in [-0.15, -0.1) is 0 Å². The maximum Gasteiger partial charge on any atom is 0.472 e. The Bertz CT molecular complexity index is 1350. The molecule has 0 fully saturated rings. The van der Waals surface area contributed by atoms with Gasteiger partial charge >= 0.3 is 25.7 Å². The fraction of sp³-hybridized carbons (Fsp3) is 0.850. The minimum Gasteiger partial charge on any atom is -0.462 e. The molecule has 0 saturated carbocycles. The van der Waals surface area contributed by atoms with E-state index in [1.54, 1.807) is 0 Å². The molecule has 3 atom stereocenters. The number of aliphatic hydroxyl groups excluding tert-OH is 1. The first kappa shape index (κ1) is 69.7. The molecule has 0 heterocycles. The minimum absolute atomic E-state index is 0.163. The molecule has 0 aromatic rings. The summed E-state index contributed by atoms with van der Waals surface area (Å²) in [6.45, 7) is 4.62. The quantitative estimate of drug-likeness (QED) is 0.0197. The molecule has 0 saturated heterocycles. The SMILES string of the molecule is CCCC/C=C\CCCCCCCC(=O)OCC(COP(=O)(O)OCC(CO)OC(=O)CCCCCCCCC/C=C\CCCCCCCC)OC(=O)CCCCCCCCC/C=C\CCCCCCCC. The summed E-state index contributed by atoms with van der Waals surface area (Å²) in [5, 5.41) is 9.82. The summed E-state index contributed by atoms with van der Waals surface area (Å²) in [5.74, 6) is -1.47. The fourth-order valence-corrected chi connectivity index (χ4v) is 9.17. The molecule has 72 heavy (non-hydrogen) atoms. The van der Waals surface area contributed by atoms with E-state index >= 15 is 0 Å². The van der Waals surface area contributed by atoms with Crippen molar-refractivity contribution >= 4 is 25.7 Å². The van der Waals surface area contributed by atoms with Crippen molar-refractivity contribution in [1.82, 2.24) is 0 Å². The molecule has 0 spiro atoms. The van der Waals surface area contributed by atoms with Gasteiger partial charge in [0.1, 0.15) is 12.7 Å². The van der Waals surface area contributed by atoms with Crippen LogP contribution >= 0.6 is 7.82 Å². The largest absolute Gasteiger partial charge is 0.472 e. The molecule has 3 unspecified atom stereocenters. The van der Waals surface area contributed by atoms with Crippen LogP contribution in [0.15, 0.2) is 36.5 Å². The fourth-order valence-electron chi connectivity index (χ4n) is 8.39. The maximum atomic E-state index is 12.9. The number of phosphoric acid groups is 1. The number of hydrogen-bond acceptors (Lipinski definition) is 10. The standard InChI is InChI=1S/C60H111O11P/c1-4-7-10-13-16-19-22-24-26-28-30-32-35-38-41-44-47-50-59(63)70-56(52-61)54-68-72(65,66)69-55-57(53-67-58(62)49-46-43-40-37-34-21-18-15-12-9-6-3)71-60(64)51-48-45-42-39-36-33-31-29-27-25-23-20-17-14-11-8-5-2/h15,18,24-27,56-57,61H,4-14,16-17,19-23,28-55H2,1-3H3,(H,65,66)/b18-15-,26-24-,27-25-. The smallest absolute Gasteiger partial charge is 0.462 e. The summed E-state index contributed by atoms with van der Waals surface area (Å²) in [7, 11) is -4.75. The Hall–Kier alpha value is -2.30. The summed E-state index contributed by atoms with van der Waals surface area (Å²) >= 11 is 0. The number of esters is 3. The van der Waals surface area contributed by atoms with Gasteiger partial charge < -0.3 is 24.2 Å². The zero-order valence-corrected chi connectivity index (χ0v) is 47.6. The van der Waals surface area contributed by atoms with Crippen LogP contribution in [-0.4, -0.2) is 66.5 Å². The van der Waals surface area contributed by atoms with Crippen LogP contribution in [0.4, 0.5) is 0 Å². The monoisotopic (exact) mass is 1040 g/mol. The Kier molecular flexibility index (Phi) is 53.2. The van der Waals surface area contributed by atoms with Crippen LogP contribution in [0.5, 0.6) is 0 Å². The van der Waals surface area contributed by atoms with Crippen molar-refractivity contribution in [3.63, 3.8) is 0 Å².